The number of carbonyl (C=O) groups is 2. The molecule has 1 amide bonds. The second kappa shape index (κ2) is 6.63. The third-order valence-corrected chi connectivity index (χ3v) is 3.66. The van der Waals surface area contributed by atoms with E-state index in [4.69, 9.17) is 9.84 Å². The maximum absolute atomic E-state index is 12.1. The molecular weight excluding hydrogens is 268 g/mol. The number of carboxylic acids is 1. The minimum atomic E-state index is -1.04. The molecule has 0 saturated heterocycles. The molecule has 1 aromatic rings. The summed E-state index contributed by atoms with van der Waals surface area (Å²) in [5.41, 5.74) is 0.586. The maximum atomic E-state index is 12.1. The molecule has 19 heavy (non-hydrogen) atoms. The third-order valence-electron chi connectivity index (χ3n) is 2.53. The van der Waals surface area contributed by atoms with Gasteiger partial charge < -0.3 is 15.2 Å². The van der Waals surface area contributed by atoms with Crippen LogP contribution in [0.15, 0.2) is 0 Å². The van der Waals surface area contributed by atoms with Crippen molar-refractivity contribution in [2.75, 3.05) is 7.11 Å². The van der Waals surface area contributed by atoms with Gasteiger partial charge in [0.05, 0.1) is 12.3 Å². The van der Waals surface area contributed by atoms with Crippen molar-refractivity contribution in [1.82, 2.24) is 10.3 Å². The van der Waals surface area contributed by atoms with Crippen molar-refractivity contribution in [3.8, 4) is 0 Å². The molecule has 1 heterocycles. The van der Waals surface area contributed by atoms with Gasteiger partial charge in [0.15, 0.2) is 0 Å². The number of methoxy groups -OCH3 is 1. The van der Waals surface area contributed by atoms with Gasteiger partial charge in [0.2, 0.25) is 0 Å². The van der Waals surface area contributed by atoms with Gasteiger partial charge in [0.25, 0.3) is 5.91 Å². The molecule has 0 saturated carbocycles. The molecule has 7 heteroatoms. The van der Waals surface area contributed by atoms with Crippen LogP contribution in [0.2, 0.25) is 0 Å². The minimum absolute atomic E-state index is 0.187. The molecule has 1 rings (SSSR count). The Morgan fingerprint density at radius 1 is 1.47 bits per heavy atom. The first-order chi connectivity index (χ1) is 8.86. The molecule has 0 unspecified atom stereocenters. The number of hydrogen-bond donors (Lipinski definition) is 2. The van der Waals surface area contributed by atoms with Gasteiger partial charge in [-0.2, -0.15) is 0 Å². The highest BCUT2D eigenvalue weighted by Gasteiger charge is 2.25. The highest BCUT2D eigenvalue weighted by atomic mass is 32.1. The summed E-state index contributed by atoms with van der Waals surface area (Å²) in [5, 5.41) is 12.3. The van der Waals surface area contributed by atoms with E-state index in [0.717, 1.165) is 0 Å². The van der Waals surface area contributed by atoms with Crippen molar-refractivity contribution in [1.29, 1.82) is 0 Å². The van der Waals surface area contributed by atoms with Crippen LogP contribution in [0, 0.1) is 12.8 Å². The molecule has 0 spiro atoms. The van der Waals surface area contributed by atoms with E-state index >= 15 is 0 Å². The summed E-state index contributed by atoms with van der Waals surface area (Å²) in [6.07, 6.45) is 0. The Morgan fingerprint density at radius 2 is 2.11 bits per heavy atom. The second-order valence-corrected chi connectivity index (χ2v) is 5.57. The van der Waals surface area contributed by atoms with E-state index in [2.05, 4.69) is 10.3 Å². The summed E-state index contributed by atoms with van der Waals surface area (Å²) < 4.78 is 4.96. The standard InChI is InChI=1S/C12H18N2O4S/c1-6(2)9(12(16)17)14-11(15)10-7(3)13-8(19-10)5-18-4/h6,9H,5H2,1-4H3,(H,14,15)(H,16,17)/t9-/m1/s1. The van der Waals surface area contributed by atoms with Gasteiger partial charge in [0, 0.05) is 7.11 Å². The lowest BCUT2D eigenvalue weighted by Crippen LogP contribution is -2.44. The minimum Gasteiger partial charge on any atom is -0.480 e. The summed E-state index contributed by atoms with van der Waals surface area (Å²) in [4.78, 5) is 27.7. The number of aryl methyl sites for hydroxylation is 1. The van der Waals surface area contributed by atoms with Gasteiger partial charge in [-0.25, -0.2) is 9.78 Å². The van der Waals surface area contributed by atoms with E-state index in [1.54, 1.807) is 27.9 Å². The molecule has 106 valence electrons. The quantitative estimate of drug-likeness (QED) is 0.826. The Kier molecular flexibility index (Phi) is 5.44. The average Bonchev–Trinajstić information content (AvgIpc) is 2.66. The molecule has 0 radical (unpaired) electrons. The number of carboxylic acid groups (broad SMARTS) is 1. The molecule has 2 N–H and O–H groups in total. The summed E-state index contributed by atoms with van der Waals surface area (Å²) in [6, 6.07) is -0.903. The lowest BCUT2D eigenvalue weighted by molar-refractivity contribution is -0.140. The number of ether oxygens (including phenoxy) is 1. The summed E-state index contributed by atoms with van der Waals surface area (Å²) >= 11 is 1.22. The first-order valence-corrected chi connectivity index (χ1v) is 6.67. The van der Waals surface area contributed by atoms with Crippen molar-refractivity contribution in [2.45, 2.75) is 33.4 Å². The lowest BCUT2D eigenvalue weighted by atomic mass is 10.0. The molecule has 1 aromatic heterocycles. The van der Waals surface area contributed by atoms with E-state index in [-0.39, 0.29) is 5.92 Å². The fourth-order valence-electron chi connectivity index (χ4n) is 1.57. The number of aromatic nitrogens is 1. The van der Waals surface area contributed by atoms with Crippen molar-refractivity contribution in [2.24, 2.45) is 5.92 Å². The smallest absolute Gasteiger partial charge is 0.326 e. The van der Waals surface area contributed by atoms with Gasteiger partial charge in [-0.15, -0.1) is 11.3 Å². The van der Waals surface area contributed by atoms with Crippen molar-refractivity contribution in [3.05, 3.63) is 15.6 Å². The molecule has 6 nitrogen and oxygen atoms in total. The van der Waals surface area contributed by atoms with E-state index in [9.17, 15) is 9.59 Å². The average molecular weight is 286 g/mol. The predicted octanol–water partition coefficient (Wildman–Crippen LogP) is 1.44. The highest BCUT2D eigenvalue weighted by molar-refractivity contribution is 7.13. The van der Waals surface area contributed by atoms with Crippen LogP contribution in [0.1, 0.15) is 34.2 Å². The van der Waals surface area contributed by atoms with E-state index in [0.29, 0.717) is 22.2 Å². The largest absolute Gasteiger partial charge is 0.480 e. The fraction of sp³-hybridized carbons (Fsp3) is 0.583. The van der Waals surface area contributed by atoms with Gasteiger partial charge in [-0.3, -0.25) is 4.79 Å². The molecular formula is C12H18N2O4S. The van der Waals surface area contributed by atoms with Crippen LogP contribution in [0.4, 0.5) is 0 Å². The van der Waals surface area contributed by atoms with Crippen molar-refractivity contribution >= 4 is 23.2 Å². The van der Waals surface area contributed by atoms with Crippen LogP contribution >= 0.6 is 11.3 Å². The number of carbonyl (C=O) groups excluding carboxylic acids is 1. The van der Waals surface area contributed by atoms with Crippen LogP contribution in [0.5, 0.6) is 0 Å². The number of hydrogen-bond acceptors (Lipinski definition) is 5. The Morgan fingerprint density at radius 3 is 2.58 bits per heavy atom. The summed E-state index contributed by atoms with van der Waals surface area (Å²) in [7, 11) is 1.55. The monoisotopic (exact) mass is 286 g/mol. The number of rotatable bonds is 6. The molecule has 0 aromatic carbocycles. The normalized spacial score (nSPS) is 12.5. The van der Waals surface area contributed by atoms with Gasteiger partial charge in [0.1, 0.15) is 15.9 Å². The van der Waals surface area contributed by atoms with E-state index < -0.39 is 17.9 Å². The lowest BCUT2D eigenvalue weighted by Gasteiger charge is -2.17. The zero-order valence-electron chi connectivity index (χ0n) is 11.4. The Balaban J connectivity index is 2.85. The van der Waals surface area contributed by atoms with E-state index in [1.165, 1.54) is 11.3 Å². The van der Waals surface area contributed by atoms with Crippen LogP contribution < -0.4 is 5.32 Å². The number of aliphatic carboxylic acids is 1. The molecule has 0 aliphatic carbocycles. The first-order valence-electron chi connectivity index (χ1n) is 5.85. The first kappa shape index (κ1) is 15.6. The highest BCUT2D eigenvalue weighted by Crippen LogP contribution is 2.19. The Bertz CT molecular complexity index is 470. The summed E-state index contributed by atoms with van der Waals surface area (Å²) in [5.74, 6) is -1.63. The van der Waals surface area contributed by atoms with Gasteiger partial charge >= 0.3 is 5.97 Å². The molecule has 0 aliphatic heterocycles. The SMILES string of the molecule is COCc1nc(C)c(C(=O)N[C@@H](C(=O)O)C(C)C)s1. The summed E-state index contributed by atoms with van der Waals surface area (Å²) in [6.45, 7) is 5.55. The zero-order valence-corrected chi connectivity index (χ0v) is 12.2. The topological polar surface area (TPSA) is 88.5 Å². The van der Waals surface area contributed by atoms with Gasteiger partial charge in [-0.05, 0) is 12.8 Å². The number of amides is 1. The molecule has 1 atom stereocenters. The third kappa shape index (κ3) is 4.00. The Hall–Kier alpha value is -1.47. The molecule has 0 fully saturated rings. The zero-order chi connectivity index (χ0) is 14.6. The Labute approximate surface area is 115 Å². The number of nitrogens with zero attached hydrogens (tertiary/aromatic N) is 1. The van der Waals surface area contributed by atoms with Crippen LogP contribution in [-0.4, -0.2) is 35.1 Å². The van der Waals surface area contributed by atoms with Gasteiger partial charge in [-0.1, -0.05) is 13.8 Å². The fourth-order valence-corrected chi connectivity index (χ4v) is 2.51. The van der Waals surface area contributed by atoms with Crippen LogP contribution in [-0.2, 0) is 16.1 Å². The molecule has 0 bridgehead atoms. The number of thiazole rings is 1. The van der Waals surface area contributed by atoms with Crippen LogP contribution in [0.3, 0.4) is 0 Å². The van der Waals surface area contributed by atoms with E-state index in [1.807, 2.05) is 0 Å². The maximum Gasteiger partial charge on any atom is 0.326 e. The second-order valence-electron chi connectivity index (χ2n) is 4.49. The van der Waals surface area contributed by atoms with Crippen molar-refractivity contribution < 1.29 is 19.4 Å². The predicted molar refractivity (Wildman–Crippen MR) is 71.3 cm³/mol. The number of nitrogens with one attached hydrogen (secondary N) is 1. The molecule has 0 aliphatic rings. The van der Waals surface area contributed by atoms with Crippen molar-refractivity contribution in [3.63, 3.8) is 0 Å². The van der Waals surface area contributed by atoms with Crippen LogP contribution in [0.25, 0.3) is 0 Å².